The van der Waals surface area contributed by atoms with Crippen LogP contribution in [0.5, 0.6) is 0 Å². The van der Waals surface area contributed by atoms with Gasteiger partial charge in [0.05, 0.1) is 10.5 Å². The first-order chi connectivity index (χ1) is 8.86. The van der Waals surface area contributed by atoms with Crippen molar-refractivity contribution in [2.45, 2.75) is 19.4 Å². The van der Waals surface area contributed by atoms with E-state index in [9.17, 15) is 24.1 Å². The van der Waals surface area contributed by atoms with E-state index in [2.05, 4.69) is 5.32 Å². The van der Waals surface area contributed by atoms with Gasteiger partial charge in [-0.25, -0.2) is 9.18 Å². The molecule has 0 aliphatic heterocycles. The van der Waals surface area contributed by atoms with Gasteiger partial charge in [-0.2, -0.15) is 0 Å². The van der Waals surface area contributed by atoms with Gasteiger partial charge in [0.1, 0.15) is 11.9 Å². The number of nitrogens with one attached hydrogen (secondary N) is 1. The quantitative estimate of drug-likeness (QED) is 0.619. The second-order valence-electron chi connectivity index (χ2n) is 3.69. The van der Waals surface area contributed by atoms with Crippen molar-refractivity contribution in [3.8, 4) is 0 Å². The number of nitrogens with zero attached hydrogens (tertiary/aromatic N) is 1. The molecule has 0 fully saturated rings. The maximum Gasteiger partial charge on any atom is 0.326 e. The lowest BCUT2D eigenvalue weighted by Crippen LogP contribution is -2.40. The van der Waals surface area contributed by atoms with Crippen LogP contribution in [0.1, 0.15) is 23.7 Å². The average molecular weight is 270 g/mol. The molecule has 0 radical (unpaired) electrons. The van der Waals surface area contributed by atoms with Crippen LogP contribution in [0.3, 0.4) is 0 Å². The van der Waals surface area contributed by atoms with Gasteiger partial charge in [-0.05, 0) is 12.5 Å². The van der Waals surface area contributed by atoms with Crippen molar-refractivity contribution in [3.63, 3.8) is 0 Å². The standard InChI is InChI=1S/C11H11FN2O5/c1-2-9(11(16)17)13-10(15)7-5-6(14(18)19)3-4-8(7)12/h3-5,9H,2H2,1H3,(H,13,15)(H,16,17). The molecule has 7 nitrogen and oxygen atoms in total. The normalized spacial score (nSPS) is 11.7. The van der Waals surface area contributed by atoms with E-state index in [0.717, 1.165) is 18.2 Å². The first kappa shape index (κ1) is 14.6. The largest absolute Gasteiger partial charge is 0.480 e. The van der Waals surface area contributed by atoms with Crippen molar-refractivity contribution in [3.05, 3.63) is 39.7 Å². The minimum atomic E-state index is -1.26. The Kier molecular flexibility index (Phi) is 4.51. The summed E-state index contributed by atoms with van der Waals surface area (Å²) in [7, 11) is 0. The van der Waals surface area contributed by atoms with E-state index < -0.39 is 39.9 Å². The predicted octanol–water partition coefficient (Wildman–Crippen LogP) is 1.33. The van der Waals surface area contributed by atoms with Crippen molar-refractivity contribution in [2.75, 3.05) is 0 Å². The van der Waals surface area contributed by atoms with Crippen molar-refractivity contribution < 1.29 is 24.0 Å². The van der Waals surface area contributed by atoms with Gasteiger partial charge in [0.2, 0.25) is 0 Å². The molecule has 0 aromatic heterocycles. The Morgan fingerprint density at radius 3 is 2.63 bits per heavy atom. The minimum Gasteiger partial charge on any atom is -0.480 e. The first-order valence-electron chi connectivity index (χ1n) is 5.34. The zero-order valence-electron chi connectivity index (χ0n) is 9.92. The third kappa shape index (κ3) is 3.47. The predicted molar refractivity (Wildman–Crippen MR) is 62.2 cm³/mol. The molecule has 1 atom stereocenters. The van der Waals surface area contributed by atoms with E-state index in [1.54, 1.807) is 0 Å². The van der Waals surface area contributed by atoms with Gasteiger partial charge in [0, 0.05) is 12.1 Å². The van der Waals surface area contributed by atoms with Crippen LogP contribution in [0, 0.1) is 15.9 Å². The number of carboxylic acids is 1. The highest BCUT2D eigenvalue weighted by molar-refractivity contribution is 5.97. The number of nitro benzene ring substituents is 1. The number of nitro groups is 1. The molecule has 102 valence electrons. The number of carbonyl (C=O) groups excluding carboxylic acids is 1. The van der Waals surface area contributed by atoms with Crippen LogP contribution in [-0.2, 0) is 4.79 Å². The molecule has 1 amide bonds. The fourth-order valence-corrected chi connectivity index (χ4v) is 1.38. The molecule has 1 unspecified atom stereocenters. The lowest BCUT2D eigenvalue weighted by Gasteiger charge is -2.12. The average Bonchev–Trinajstić information content (AvgIpc) is 2.35. The Bertz CT molecular complexity index is 532. The van der Waals surface area contributed by atoms with E-state index in [0.29, 0.717) is 0 Å². The molecule has 1 aromatic carbocycles. The number of hydrogen-bond donors (Lipinski definition) is 2. The van der Waals surface area contributed by atoms with Crippen LogP contribution < -0.4 is 5.32 Å². The Hall–Kier alpha value is -2.51. The Labute approximate surface area is 107 Å². The number of hydrogen-bond acceptors (Lipinski definition) is 4. The maximum atomic E-state index is 13.4. The summed E-state index contributed by atoms with van der Waals surface area (Å²) in [6, 6.07) is 1.29. The molecule has 0 heterocycles. The molecule has 0 saturated carbocycles. The van der Waals surface area contributed by atoms with E-state index in [4.69, 9.17) is 5.11 Å². The number of carboxylic acid groups (broad SMARTS) is 1. The summed E-state index contributed by atoms with van der Waals surface area (Å²) in [5.41, 5.74) is -1.01. The van der Waals surface area contributed by atoms with Crippen LogP contribution in [-0.4, -0.2) is 27.9 Å². The topological polar surface area (TPSA) is 110 Å². The fourth-order valence-electron chi connectivity index (χ4n) is 1.38. The SMILES string of the molecule is CCC(NC(=O)c1cc([N+](=O)[O-])ccc1F)C(=O)O. The van der Waals surface area contributed by atoms with Crippen LogP contribution in [0.15, 0.2) is 18.2 Å². The Morgan fingerprint density at radius 2 is 2.16 bits per heavy atom. The zero-order valence-corrected chi connectivity index (χ0v) is 9.92. The Morgan fingerprint density at radius 1 is 1.53 bits per heavy atom. The lowest BCUT2D eigenvalue weighted by molar-refractivity contribution is -0.384. The van der Waals surface area contributed by atoms with Crippen molar-refractivity contribution in [1.29, 1.82) is 0 Å². The molecule has 0 aliphatic rings. The van der Waals surface area contributed by atoms with Gasteiger partial charge in [-0.3, -0.25) is 14.9 Å². The Balaban J connectivity index is 3.02. The van der Waals surface area contributed by atoms with Gasteiger partial charge >= 0.3 is 5.97 Å². The van der Waals surface area contributed by atoms with Crippen LogP contribution in [0.2, 0.25) is 0 Å². The molecule has 8 heteroatoms. The summed E-state index contributed by atoms with van der Waals surface area (Å²) in [6.07, 6.45) is 0.109. The van der Waals surface area contributed by atoms with Gasteiger partial charge < -0.3 is 10.4 Å². The number of non-ortho nitro benzene ring substituents is 1. The summed E-state index contributed by atoms with van der Waals surface area (Å²) in [6.45, 7) is 1.53. The van der Waals surface area contributed by atoms with E-state index in [-0.39, 0.29) is 6.42 Å². The summed E-state index contributed by atoms with van der Waals surface area (Å²) < 4.78 is 13.4. The second kappa shape index (κ2) is 5.89. The van der Waals surface area contributed by atoms with Crippen LogP contribution >= 0.6 is 0 Å². The third-order valence-electron chi connectivity index (χ3n) is 2.42. The summed E-state index contributed by atoms with van der Waals surface area (Å²) >= 11 is 0. The molecule has 0 bridgehead atoms. The van der Waals surface area contributed by atoms with Crippen LogP contribution in [0.25, 0.3) is 0 Å². The van der Waals surface area contributed by atoms with E-state index in [1.165, 1.54) is 6.92 Å². The number of aliphatic carboxylic acids is 1. The van der Waals surface area contributed by atoms with Gasteiger partial charge in [0.25, 0.3) is 11.6 Å². The fraction of sp³-hybridized carbons (Fsp3) is 0.273. The highest BCUT2D eigenvalue weighted by Crippen LogP contribution is 2.17. The minimum absolute atomic E-state index is 0.109. The smallest absolute Gasteiger partial charge is 0.326 e. The molecule has 1 rings (SSSR count). The zero-order chi connectivity index (χ0) is 14.6. The molecule has 0 aliphatic carbocycles. The molecular weight excluding hydrogens is 259 g/mol. The monoisotopic (exact) mass is 270 g/mol. The summed E-state index contributed by atoms with van der Waals surface area (Å²) in [5.74, 6) is -3.22. The van der Waals surface area contributed by atoms with Gasteiger partial charge in [-0.1, -0.05) is 6.92 Å². The second-order valence-corrected chi connectivity index (χ2v) is 3.69. The number of benzene rings is 1. The molecule has 1 aromatic rings. The molecule has 0 saturated heterocycles. The van der Waals surface area contributed by atoms with Crippen LogP contribution in [0.4, 0.5) is 10.1 Å². The lowest BCUT2D eigenvalue weighted by atomic mass is 10.1. The highest BCUT2D eigenvalue weighted by Gasteiger charge is 2.22. The number of carbonyl (C=O) groups is 2. The molecule has 0 spiro atoms. The maximum absolute atomic E-state index is 13.4. The highest BCUT2D eigenvalue weighted by atomic mass is 19.1. The summed E-state index contributed by atoms with van der Waals surface area (Å²) in [4.78, 5) is 32.2. The number of rotatable bonds is 5. The summed E-state index contributed by atoms with van der Waals surface area (Å²) in [5, 5.41) is 21.4. The van der Waals surface area contributed by atoms with Crippen molar-refractivity contribution >= 4 is 17.6 Å². The van der Waals surface area contributed by atoms with E-state index >= 15 is 0 Å². The first-order valence-corrected chi connectivity index (χ1v) is 5.34. The molecule has 19 heavy (non-hydrogen) atoms. The third-order valence-corrected chi connectivity index (χ3v) is 2.42. The van der Waals surface area contributed by atoms with Gasteiger partial charge in [-0.15, -0.1) is 0 Å². The number of halogens is 1. The number of amides is 1. The van der Waals surface area contributed by atoms with Gasteiger partial charge in [0.15, 0.2) is 0 Å². The van der Waals surface area contributed by atoms with Crippen molar-refractivity contribution in [1.82, 2.24) is 5.32 Å². The molecule has 2 N–H and O–H groups in total. The van der Waals surface area contributed by atoms with Crippen molar-refractivity contribution in [2.24, 2.45) is 0 Å². The van der Waals surface area contributed by atoms with E-state index in [1.807, 2.05) is 0 Å². The molecular formula is C11H11FN2O5.